The van der Waals surface area contributed by atoms with Gasteiger partial charge in [0.25, 0.3) is 0 Å². The lowest BCUT2D eigenvalue weighted by atomic mass is 10.0. The van der Waals surface area contributed by atoms with Gasteiger partial charge in [-0.1, -0.05) is 13.3 Å². The number of rotatable bonds is 6. The molecular formula is C8H19NO2S. The molecule has 4 heteroatoms. The minimum absolute atomic E-state index is 0.273. The van der Waals surface area contributed by atoms with Crippen LogP contribution in [0.4, 0.5) is 0 Å². The fraction of sp³-hybridized carbons (Fsp3) is 1.00. The Hall–Kier alpha value is -0.0900. The highest BCUT2D eigenvalue weighted by Gasteiger charge is 2.09. The number of hydrogen-bond acceptors (Lipinski definition) is 3. The molecule has 12 heavy (non-hydrogen) atoms. The molecule has 1 unspecified atom stereocenters. The molecule has 2 N–H and O–H groups in total. The van der Waals surface area contributed by atoms with E-state index < -0.39 is 9.84 Å². The van der Waals surface area contributed by atoms with Crippen LogP contribution in [0.1, 0.15) is 26.2 Å². The van der Waals surface area contributed by atoms with Gasteiger partial charge in [-0.15, -0.1) is 0 Å². The summed E-state index contributed by atoms with van der Waals surface area (Å²) >= 11 is 0. The summed E-state index contributed by atoms with van der Waals surface area (Å²) in [5, 5.41) is 0. The third-order valence-electron chi connectivity index (χ3n) is 1.93. The quantitative estimate of drug-likeness (QED) is 0.678. The lowest BCUT2D eigenvalue weighted by Crippen LogP contribution is -2.18. The Morgan fingerprint density at radius 3 is 2.25 bits per heavy atom. The van der Waals surface area contributed by atoms with E-state index in [1.807, 2.05) is 0 Å². The van der Waals surface area contributed by atoms with Gasteiger partial charge in [0, 0.05) is 6.26 Å². The maximum absolute atomic E-state index is 10.8. The van der Waals surface area contributed by atoms with Gasteiger partial charge in [-0.3, -0.25) is 0 Å². The highest BCUT2D eigenvalue weighted by Crippen LogP contribution is 2.10. The van der Waals surface area contributed by atoms with Crippen molar-refractivity contribution in [1.29, 1.82) is 0 Å². The van der Waals surface area contributed by atoms with Gasteiger partial charge in [-0.05, 0) is 25.3 Å². The molecule has 0 aliphatic heterocycles. The molecule has 0 saturated heterocycles. The molecular weight excluding hydrogens is 174 g/mol. The van der Waals surface area contributed by atoms with Crippen molar-refractivity contribution >= 4 is 9.84 Å². The second-order valence-corrected chi connectivity index (χ2v) is 5.57. The molecule has 0 radical (unpaired) electrons. The normalized spacial score (nSPS) is 14.6. The summed E-state index contributed by atoms with van der Waals surface area (Å²) in [5.74, 6) is 0.652. The molecule has 0 aliphatic rings. The van der Waals surface area contributed by atoms with Crippen molar-refractivity contribution in [3.8, 4) is 0 Å². The molecule has 0 aromatic rings. The fourth-order valence-electron chi connectivity index (χ4n) is 1.17. The van der Waals surface area contributed by atoms with Crippen molar-refractivity contribution < 1.29 is 8.42 Å². The molecule has 0 aromatic carbocycles. The van der Waals surface area contributed by atoms with Crippen LogP contribution in [0.3, 0.4) is 0 Å². The maximum atomic E-state index is 10.8. The van der Waals surface area contributed by atoms with Crippen LogP contribution in [-0.2, 0) is 9.84 Å². The average Bonchev–Trinajstić information content (AvgIpc) is 1.96. The monoisotopic (exact) mass is 193 g/mol. The Morgan fingerprint density at radius 2 is 1.92 bits per heavy atom. The average molecular weight is 193 g/mol. The molecule has 0 heterocycles. The van der Waals surface area contributed by atoms with Crippen molar-refractivity contribution in [3.05, 3.63) is 0 Å². The van der Waals surface area contributed by atoms with Gasteiger partial charge in [0.05, 0.1) is 5.75 Å². The van der Waals surface area contributed by atoms with Gasteiger partial charge in [-0.25, -0.2) is 8.42 Å². The zero-order valence-corrected chi connectivity index (χ0v) is 8.73. The molecule has 0 amide bonds. The highest BCUT2D eigenvalue weighted by molar-refractivity contribution is 7.90. The summed E-state index contributed by atoms with van der Waals surface area (Å²) in [5.41, 5.74) is 5.49. The Labute approximate surface area is 75.3 Å². The van der Waals surface area contributed by atoms with E-state index >= 15 is 0 Å². The van der Waals surface area contributed by atoms with Gasteiger partial charge >= 0.3 is 0 Å². The molecule has 74 valence electrons. The highest BCUT2D eigenvalue weighted by atomic mass is 32.2. The van der Waals surface area contributed by atoms with E-state index in [2.05, 4.69) is 6.92 Å². The molecule has 0 rings (SSSR count). The number of hydrogen-bond donors (Lipinski definition) is 1. The summed E-state index contributed by atoms with van der Waals surface area (Å²) < 4.78 is 21.6. The molecule has 3 nitrogen and oxygen atoms in total. The summed E-state index contributed by atoms with van der Waals surface area (Å²) in [7, 11) is -2.80. The van der Waals surface area contributed by atoms with Gasteiger partial charge in [-0.2, -0.15) is 0 Å². The summed E-state index contributed by atoms with van der Waals surface area (Å²) in [6, 6.07) is 0. The standard InChI is InChI=1S/C8H19NO2S/c1-3-4-8(7-9)5-6-12(2,10)11/h8H,3-7,9H2,1-2H3. The molecule has 0 aromatic heterocycles. The lowest BCUT2D eigenvalue weighted by molar-refractivity contribution is 0.473. The number of sulfone groups is 1. The van der Waals surface area contributed by atoms with Crippen LogP contribution in [0.5, 0.6) is 0 Å². The molecule has 0 saturated carbocycles. The van der Waals surface area contributed by atoms with Gasteiger partial charge < -0.3 is 5.73 Å². The van der Waals surface area contributed by atoms with Gasteiger partial charge in [0.2, 0.25) is 0 Å². The fourth-order valence-corrected chi connectivity index (χ4v) is 1.93. The van der Waals surface area contributed by atoms with E-state index in [4.69, 9.17) is 5.73 Å². The van der Waals surface area contributed by atoms with Crippen LogP contribution in [0, 0.1) is 5.92 Å². The van der Waals surface area contributed by atoms with Gasteiger partial charge in [0.1, 0.15) is 9.84 Å². The predicted molar refractivity (Wildman–Crippen MR) is 51.8 cm³/mol. The molecule has 0 spiro atoms. The van der Waals surface area contributed by atoms with Crippen LogP contribution in [0.25, 0.3) is 0 Å². The summed E-state index contributed by atoms with van der Waals surface area (Å²) in [4.78, 5) is 0. The van der Waals surface area contributed by atoms with Crippen LogP contribution in [0.2, 0.25) is 0 Å². The van der Waals surface area contributed by atoms with Crippen LogP contribution >= 0.6 is 0 Å². The van der Waals surface area contributed by atoms with Crippen molar-refractivity contribution in [3.63, 3.8) is 0 Å². The molecule has 1 atom stereocenters. The SMILES string of the molecule is CCCC(CN)CCS(C)(=O)=O. The minimum atomic E-state index is -2.80. The Kier molecular flexibility index (Phi) is 5.50. The van der Waals surface area contributed by atoms with E-state index in [9.17, 15) is 8.42 Å². The third-order valence-corrected chi connectivity index (χ3v) is 2.90. The van der Waals surface area contributed by atoms with E-state index in [0.717, 1.165) is 12.8 Å². The molecule has 0 bridgehead atoms. The van der Waals surface area contributed by atoms with Crippen molar-refractivity contribution in [2.24, 2.45) is 11.7 Å². The van der Waals surface area contributed by atoms with Crippen molar-refractivity contribution in [1.82, 2.24) is 0 Å². The van der Waals surface area contributed by atoms with Crippen LogP contribution < -0.4 is 5.73 Å². The second kappa shape index (κ2) is 5.54. The second-order valence-electron chi connectivity index (χ2n) is 3.31. The smallest absolute Gasteiger partial charge is 0.147 e. The third kappa shape index (κ3) is 6.61. The zero-order chi connectivity index (χ0) is 9.61. The number of nitrogens with two attached hydrogens (primary N) is 1. The van der Waals surface area contributed by atoms with Crippen LogP contribution in [-0.4, -0.2) is 27.0 Å². The molecule has 0 fully saturated rings. The van der Waals surface area contributed by atoms with E-state index in [1.165, 1.54) is 6.26 Å². The van der Waals surface area contributed by atoms with E-state index in [-0.39, 0.29) is 5.75 Å². The Bertz CT molecular complexity index is 199. The van der Waals surface area contributed by atoms with Crippen LogP contribution in [0.15, 0.2) is 0 Å². The predicted octanol–water partition coefficient (Wildman–Crippen LogP) is 0.796. The topological polar surface area (TPSA) is 60.2 Å². The van der Waals surface area contributed by atoms with Gasteiger partial charge in [0.15, 0.2) is 0 Å². The largest absolute Gasteiger partial charge is 0.330 e. The maximum Gasteiger partial charge on any atom is 0.147 e. The first kappa shape index (κ1) is 11.9. The van der Waals surface area contributed by atoms with E-state index in [0.29, 0.717) is 18.9 Å². The molecule has 0 aliphatic carbocycles. The van der Waals surface area contributed by atoms with E-state index in [1.54, 1.807) is 0 Å². The first-order chi connectivity index (χ1) is 5.49. The zero-order valence-electron chi connectivity index (χ0n) is 7.91. The first-order valence-electron chi connectivity index (χ1n) is 4.37. The first-order valence-corrected chi connectivity index (χ1v) is 6.43. The van der Waals surface area contributed by atoms with Crippen molar-refractivity contribution in [2.45, 2.75) is 26.2 Å². The van der Waals surface area contributed by atoms with Crippen molar-refractivity contribution in [2.75, 3.05) is 18.6 Å². The lowest BCUT2D eigenvalue weighted by Gasteiger charge is -2.11. The Morgan fingerprint density at radius 1 is 1.33 bits per heavy atom. The summed E-state index contributed by atoms with van der Waals surface area (Å²) in [6.07, 6.45) is 4.09. The Balaban J connectivity index is 3.73. The summed E-state index contributed by atoms with van der Waals surface area (Å²) in [6.45, 7) is 2.69. The minimum Gasteiger partial charge on any atom is -0.330 e.